The van der Waals surface area contributed by atoms with Gasteiger partial charge < -0.3 is 15.5 Å². The molecular weight excluding hydrogens is 376 g/mol. The summed E-state index contributed by atoms with van der Waals surface area (Å²) in [6.07, 6.45) is 0. The third-order valence-electron chi connectivity index (χ3n) is 3.40. The van der Waals surface area contributed by atoms with Gasteiger partial charge in [0.1, 0.15) is 11.6 Å². The van der Waals surface area contributed by atoms with Crippen molar-refractivity contribution in [3.05, 3.63) is 81.6 Å². The van der Waals surface area contributed by atoms with Crippen LogP contribution in [0.1, 0.15) is 15.9 Å². The van der Waals surface area contributed by atoms with Gasteiger partial charge in [-0.1, -0.05) is 23.9 Å². The van der Waals surface area contributed by atoms with Crippen LogP contribution in [0.5, 0.6) is 5.75 Å². The summed E-state index contributed by atoms with van der Waals surface area (Å²) >= 11 is 1.27. The Morgan fingerprint density at radius 3 is 2.56 bits per heavy atom. The van der Waals surface area contributed by atoms with Crippen molar-refractivity contribution >= 4 is 23.5 Å². The number of nitrogens with zero attached hydrogens (tertiary/aromatic N) is 1. The van der Waals surface area contributed by atoms with Crippen LogP contribution < -0.4 is 16.0 Å². The SMILES string of the molecule is Nc1cc(=O)[nH]c(SCc2ccc(C(=O)Oc3ccc(F)cc3F)cc2)n1. The molecule has 0 saturated carbocycles. The normalized spacial score (nSPS) is 10.6. The molecule has 2 aromatic carbocycles. The molecule has 1 heterocycles. The van der Waals surface area contributed by atoms with Crippen molar-refractivity contribution in [2.75, 3.05) is 5.73 Å². The number of hydrogen-bond acceptors (Lipinski definition) is 6. The Bertz CT molecular complexity index is 1040. The number of carbonyl (C=O) groups excluding carboxylic acids is 1. The highest BCUT2D eigenvalue weighted by Crippen LogP contribution is 2.21. The van der Waals surface area contributed by atoms with Gasteiger partial charge in [0.2, 0.25) is 0 Å². The van der Waals surface area contributed by atoms with Crippen LogP contribution in [0, 0.1) is 11.6 Å². The number of H-pyrrole nitrogens is 1. The van der Waals surface area contributed by atoms with E-state index < -0.39 is 17.6 Å². The van der Waals surface area contributed by atoms with E-state index in [1.165, 1.54) is 30.0 Å². The molecule has 0 aliphatic carbocycles. The van der Waals surface area contributed by atoms with E-state index in [4.69, 9.17) is 10.5 Å². The number of esters is 1. The first-order chi connectivity index (χ1) is 12.9. The molecule has 0 bridgehead atoms. The molecule has 0 spiro atoms. The fraction of sp³-hybridized carbons (Fsp3) is 0.0556. The lowest BCUT2D eigenvalue weighted by Gasteiger charge is -2.06. The number of nitrogen functional groups attached to an aromatic ring is 1. The molecular formula is C18H13F2N3O3S. The van der Waals surface area contributed by atoms with E-state index in [-0.39, 0.29) is 22.7 Å². The second-order valence-corrected chi connectivity index (χ2v) is 6.39. The maximum absolute atomic E-state index is 13.5. The van der Waals surface area contributed by atoms with Crippen molar-refractivity contribution in [3.63, 3.8) is 0 Å². The summed E-state index contributed by atoms with van der Waals surface area (Å²) in [5, 5.41) is 0.385. The fourth-order valence-electron chi connectivity index (χ4n) is 2.13. The number of aromatic amines is 1. The summed E-state index contributed by atoms with van der Waals surface area (Å²) in [5.41, 5.74) is 6.25. The summed E-state index contributed by atoms with van der Waals surface area (Å²) in [6, 6.07) is 10.3. The van der Waals surface area contributed by atoms with Gasteiger partial charge >= 0.3 is 5.97 Å². The maximum Gasteiger partial charge on any atom is 0.343 e. The maximum atomic E-state index is 13.5. The van der Waals surface area contributed by atoms with Gasteiger partial charge in [-0.3, -0.25) is 4.79 Å². The van der Waals surface area contributed by atoms with Gasteiger partial charge in [-0.2, -0.15) is 0 Å². The van der Waals surface area contributed by atoms with Gasteiger partial charge in [-0.15, -0.1) is 0 Å². The quantitative estimate of drug-likeness (QED) is 0.301. The molecule has 138 valence electrons. The number of thioether (sulfide) groups is 1. The van der Waals surface area contributed by atoms with E-state index >= 15 is 0 Å². The molecule has 0 unspecified atom stereocenters. The van der Waals surface area contributed by atoms with Crippen LogP contribution in [-0.4, -0.2) is 15.9 Å². The molecule has 0 atom stereocenters. The molecule has 0 saturated heterocycles. The topological polar surface area (TPSA) is 98.1 Å². The number of hydrogen-bond donors (Lipinski definition) is 2. The van der Waals surface area contributed by atoms with Crippen molar-refractivity contribution in [1.82, 2.24) is 9.97 Å². The molecule has 1 aromatic heterocycles. The van der Waals surface area contributed by atoms with E-state index in [2.05, 4.69) is 9.97 Å². The third-order valence-corrected chi connectivity index (χ3v) is 4.35. The number of aromatic nitrogens is 2. The van der Waals surface area contributed by atoms with Gasteiger partial charge in [-0.25, -0.2) is 18.6 Å². The van der Waals surface area contributed by atoms with Crippen LogP contribution in [0.15, 0.2) is 58.5 Å². The smallest absolute Gasteiger partial charge is 0.343 e. The van der Waals surface area contributed by atoms with Gasteiger partial charge in [-0.05, 0) is 29.8 Å². The highest BCUT2D eigenvalue weighted by molar-refractivity contribution is 7.98. The van der Waals surface area contributed by atoms with E-state index in [1.54, 1.807) is 12.1 Å². The first-order valence-electron chi connectivity index (χ1n) is 7.66. The Morgan fingerprint density at radius 2 is 1.89 bits per heavy atom. The lowest BCUT2D eigenvalue weighted by molar-refractivity contribution is 0.0727. The van der Waals surface area contributed by atoms with Crippen molar-refractivity contribution in [2.45, 2.75) is 10.9 Å². The molecule has 0 aliphatic heterocycles. The van der Waals surface area contributed by atoms with Crippen LogP contribution in [0.3, 0.4) is 0 Å². The van der Waals surface area contributed by atoms with Crippen LogP contribution >= 0.6 is 11.8 Å². The van der Waals surface area contributed by atoms with Crippen molar-refractivity contribution in [2.24, 2.45) is 0 Å². The van der Waals surface area contributed by atoms with Crippen LogP contribution in [-0.2, 0) is 5.75 Å². The van der Waals surface area contributed by atoms with E-state index in [9.17, 15) is 18.4 Å². The van der Waals surface area contributed by atoms with E-state index in [1.807, 2.05) is 0 Å². The van der Waals surface area contributed by atoms with E-state index in [0.717, 1.165) is 17.7 Å². The first kappa shape index (κ1) is 18.6. The molecule has 0 aliphatic rings. The molecule has 0 fully saturated rings. The lowest BCUT2D eigenvalue weighted by Crippen LogP contribution is -2.10. The lowest BCUT2D eigenvalue weighted by atomic mass is 10.1. The molecule has 3 N–H and O–H groups in total. The zero-order chi connectivity index (χ0) is 19.4. The fourth-order valence-corrected chi connectivity index (χ4v) is 2.97. The summed E-state index contributed by atoms with van der Waals surface area (Å²) in [5.74, 6) is -2.22. The number of benzene rings is 2. The number of nitrogens with two attached hydrogens (primary N) is 1. The molecule has 3 rings (SSSR count). The van der Waals surface area contributed by atoms with Crippen molar-refractivity contribution < 1.29 is 18.3 Å². The molecule has 9 heteroatoms. The predicted octanol–water partition coefficient (Wildman–Crippen LogP) is 3.14. The molecule has 0 radical (unpaired) electrons. The average Bonchev–Trinajstić information content (AvgIpc) is 2.62. The van der Waals surface area contributed by atoms with Gasteiger partial charge in [0.25, 0.3) is 5.56 Å². The molecule has 0 amide bonds. The van der Waals surface area contributed by atoms with Gasteiger partial charge in [0.15, 0.2) is 16.7 Å². The Kier molecular flexibility index (Phi) is 5.51. The van der Waals surface area contributed by atoms with Gasteiger partial charge in [0.05, 0.1) is 5.56 Å². The minimum absolute atomic E-state index is 0.132. The zero-order valence-electron chi connectivity index (χ0n) is 13.7. The predicted molar refractivity (Wildman–Crippen MR) is 96.6 cm³/mol. The van der Waals surface area contributed by atoms with Gasteiger partial charge in [0, 0.05) is 17.9 Å². The Labute approximate surface area is 156 Å². The third kappa shape index (κ3) is 4.91. The zero-order valence-corrected chi connectivity index (χ0v) is 14.6. The Balaban J connectivity index is 1.64. The summed E-state index contributed by atoms with van der Waals surface area (Å²) in [6.45, 7) is 0. The number of anilines is 1. The second-order valence-electron chi connectivity index (χ2n) is 5.43. The van der Waals surface area contributed by atoms with Crippen molar-refractivity contribution in [1.29, 1.82) is 0 Å². The van der Waals surface area contributed by atoms with Crippen LogP contribution in [0.25, 0.3) is 0 Å². The minimum atomic E-state index is -0.958. The Hall–Kier alpha value is -3.20. The Morgan fingerprint density at radius 1 is 1.15 bits per heavy atom. The van der Waals surface area contributed by atoms with Crippen LogP contribution in [0.4, 0.5) is 14.6 Å². The molecule has 27 heavy (non-hydrogen) atoms. The van der Waals surface area contributed by atoms with Crippen LogP contribution in [0.2, 0.25) is 0 Å². The first-order valence-corrected chi connectivity index (χ1v) is 8.65. The molecule has 6 nitrogen and oxygen atoms in total. The number of nitrogens with one attached hydrogen (secondary N) is 1. The van der Waals surface area contributed by atoms with Crippen molar-refractivity contribution in [3.8, 4) is 5.75 Å². The summed E-state index contributed by atoms with van der Waals surface area (Å²) < 4.78 is 31.4. The molecule has 3 aromatic rings. The van der Waals surface area contributed by atoms with E-state index in [0.29, 0.717) is 17.0 Å². The second kappa shape index (κ2) is 8.00. The average molecular weight is 389 g/mol. The highest BCUT2D eigenvalue weighted by atomic mass is 32.2. The highest BCUT2D eigenvalue weighted by Gasteiger charge is 2.12. The summed E-state index contributed by atoms with van der Waals surface area (Å²) in [7, 11) is 0. The summed E-state index contributed by atoms with van der Waals surface area (Å²) in [4.78, 5) is 30.0. The minimum Gasteiger partial charge on any atom is -0.420 e. The standard InChI is InChI=1S/C18H13F2N3O3S/c19-12-5-6-14(13(20)7-12)26-17(25)11-3-1-10(2-4-11)9-27-18-22-15(21)8-16(24)23-18/h1-8H,9H2,(H3,21,22,23,24). The number of halogens is 2. The number of carbonyl (C=O) groups is 1. The number of rotatable bonds is 5. The number of ether oxygens (including phenoxy) is 1. The monoisotopic (exact) mass is 389 g/mol. The largest absolute Gasteiger partial charge is 0.420 e.